The SMILES string of the molecule is Cc1ccc(N(CCCC(=O)Nc2ccccc2Br)S(C)(=O)=O)cc1C. The number of aryl methyl sites for hydroxylation is 2. The molecule has 0 aliphatic carbocycles. The lowest BCUT2D eigenvalue weighted by Gasteiger charge is -2.23. The number of amides is 1. The maximum absolute atomic E-state index is 12.2. The van der Waals surface area contributed by atoms with E-state index in [1.54, 1.807) is 12.1 Å². The minimum atomic E-state index is -3.42. The number of benzene rings is 2. The number of para-hydroxylation sites is 1. The molecule has 0 aliphatic heterocycles. The number of nitrogens with one attached hydrogen (secondary N) is 1. The molecule has 5 nitrogen and oxygen atoms in total. The first-order valence-electron chi connectivity index (χ1n) is 8.28. The Morgan fingerprint density at radius 1 is 1.12 bits per heavy atom. The van der Waals surface area contributed by atoms with Crippen molar-refractivity contribution in [2.24, 2.45) is 0 Å². The van der Waals surface area contributed by atoms with E-state index in [1.165, 1.54) is 10.6 Å². The summed E-state index contributed by atoms with van der Waals surface area (Å²) in [6.07, 6.45) is 1.85. The van der Waals surface area contributed by atoms with Gasteiger partial charge in [0, 0.05) is 17.4 Å². The average molecular weight is 439 g/mol. The summed E-state index contributed by atoms with van der Waals surface area (Å²) in [4.78, 5) is 12.1. The number of halogens is 1. The summed E-state index contributed by atoms with van der Waals surface area (Å²) in [6, 6.07) is 12.9. The van der Waals surface area contributed by atoms with Crippen LogP contribution in [0.2, 0.25) is 0 Å². The van der Waals surface area contributed by atoms with Crippen LogP contribution in [-0.4, -0.2) is 27.1 Å². The van der Waals surface area contributed by atoms with Gasteiger partial charge in [-0.05, 0) is 71.6 Å². The number of carbonyl (C=O) groups is 1. The van der Waals surface area contributed by atoms with E-state index in [-0.39, 0.29) is 18.9 Å². The predicted octanol–water partition coefficient (Wildman–Crippen LogP) is 4.25. The van der Waals surface area contributed by atoms with Gasteiger partial charge in [0.05, 0.1) is 17.6 Å². The molecule has 0 heterocycles. The van der Waals surface area contributed by atoms with Crippen molar-refractivity contribution in [2.75, 3.05) is 22.4 Å². The van der Waals surface area contributed by atoms with Crippen LogP contribution in [0.4, 0.5) is 11.4 Å². The van der Waals surface area contributed by atoms with Gasteiger partial charge >= 0.3 is 0 Å². The summed E-state index contributed by atoms with van der Waals surface area (Å²) in [5, 5.41) is 2.83. The Labute approximate surface area is 163 Å². The van der Waals surface area contributed by atoms with Crippen molar-refractivity contribution in [3.8, 4) is 0 Å². The average Bonchev–Trinajstić information content (AvgIpc) is 2.55. The highest BCUT2D eigenvalue weighted by atomic mass is 79.9. The number of nitrogens with zero attached hydrogens (tertiary/aromatic N) is 1. The monoisotopic (exact) mass is 438 g/mol. The van der Waals surface area contributed by atoms with Crippen molar-refractivity contribution in [1.29, 1.82) is 0 Å². The zero-order chi connectivity index (χ0) is 19.3. The topological polar surface area (TPSA) is 66.5 Å². The summed E-state index contributed by atoms with van der Waals surface area (Å²) in [5.41, 5.74) is 3.46. The van der Waals surface area contributed by atoms with E-state index in [2.05, 4.69) is 21.2 Å². The van der Waals surface area contributed by atoms with Gasteiger partial charge in [-0.3, -0.25) is 9.10 Å². The smallest absolute Gasteiger partial charge is 0.232 e. The summed E-state index contributed by atoms with van der Waals surface area (Å²) < 4.78 is 26.5. The van der Waals surface area contributed by atoms with E-state index in [0.29, 0.717) is 17.8 Å². The van der Waals surface area contributed by atoms with Crippen molar-refractivity contribution in [3.63, 3.8) is 0 Å². The highest BCUT2D eigenvalue weighted by Gasteiger charge is 2.18. The number of carbonyl (C=O) groups excluding carboxylic acids is 1. The molecule has 0 spiro atoms. The summed E-state index contributed by atoms with van der Waals surface area (Å²) in [7, 11) is -3.42. The van der Waals surface area contributed by atoms with E-state index in [9.17, 15) is 13.2 Å². The number of sulfonamides is 1. The van der Waals surface area contributed by atoms with Gasteiger partial charge in [-0.1, -0.05) is 18.2 Å². The molecule has 2 aromatic rings. The lowest BCUT2D eigenvalue weighted by atomic mass is 10.1. The highest BCUT2D eigenvalue weighted by molar-refractivity contribution is 9.10. The first-order valence-corrected chi connectivity index (χ1v) is 10.9. The first kappa shape index (κ1) is 20.5. The minimum absolute atomic E-state index is 0.148. The van der Waals surface area contributed by atoms with Crippen molar-refractivity contribution >= 4 is 43.2 Å². The van der Waals surface area contributed by atoms with Gasteiger partial charge in [0.25, 0.3) is 0 Å². The highest BCUT2D eigenvalue weighted by Crippen LogP contribution is 2.23. The Hall–Kier alpha value is -1.86. The fourth-order valence-electron chi connectivity index (χ4n) is 2.53. The number of hydrogen-bond acceptors (Lipinski definition) is 3. The molecule has 26 heavy (non-hydrogen) atoms. The fraction of sp³-hybridized carbons (Fsp3) is 0.316. The molecule has 140 valence electrons. The van der Waals surface area contributed by atoms with Gasteiger partial charge in [-0.2, -0.15) is 0 Å². The van der Waals surface area contributed by atoms with E-state index in [4.69, 9.17) is 0 Å². The second-order valence-electron chi connectivity index (χ2n) is 6.24. The number of rotatable bonds is 7. The van der Waals surface area contributed by atoms with Crippen molar-refractivity contribution in [2.45, 2.75) is 26.7 Å². The zero-order valence-electron chi connectivity index (χ0n) is 15.1. The Morgan fingerprint density at radius 3 is 2.42 bits per heavy atom. The van der Waals surface area contributed by atoms with Gasteiger partial charge in [0.1, 0.15) is 0 Å². The molecule has 0 aromatic heterocycles. The van der Waals surface area contributed by atoms with E-state index >= 15 is 0 Å². The molecule has 1 amide bonds. The Bertz CT molecular complexity index is 897. The number of hydrogen-bond donors (Lipinski definition) is 1. The van der Waals surface area contributed by atoms with Crippen molar-refractivity contribution < 1.29 is 13.2 Å². The number of anilines is 2. The molecule has 0 saturated carbocycles. The van der Waals surface area contributed by atoms with Crippen molar-refractivity contribution in [1.82, 2.24) is 0 Å². The second kappa shape index (κ2) is 8.68. The van der Waals surface area contributed by atoms with Crippen LogP contribution < -0.4 is 9.62 Å². The summed E-state index contributed by atoms with van der Waals surface area (Å²) in [5.74, 6) is -0.148. The van der Waals surface area contributed by atoms with Gasteiger partial charge in [-0.25, -0.2) is 8.42 Å². The standard InChI is InChI=1S/C19H23BrN2O3S/c1-14-10-11-16(13-15(14)2)22(26(3,24)25)12-6-9-19(23)21-18-8-5-4-7-17(18)20/h4-5,7-8,10-11,13H,6,9,12H2,1-3H3,(H,21,23). The Kier molecular flexibility index (Phi) is 6.83. The molecule has 0 radical (unpaired) electrons. The quantitative estimate of drug-likeness (QED) is 0.702. The Morgan fingerprint density at radius 2 is 1.81 bits per heavy atom. The predicted molar refractivity (Wildman–Crippen MR) is 110 cm³/mol. The molecule has 0 fully saturated rings. The Balaban J connectivity index is 2.01. The maximum atomic E-state index is 12.2. The molecule has 1 N–H and O–H groups in total. The van der Waals surface area contributed by atoms with Crippen LogP contribution in [0.15, 0.2) is 46.9 Å². The third-order valence-electron chi connectivity index (χ3n) is 4.09. The third kappa shape index (κ3) is 5.57. The van der Waals surface area contributed by atoms with Gasteiger partial charge in [0.2, 0.25) is 15.9 Å². The lowest BCUT2D eigenvalue weighted by Crippen LogP contribution is -2.31. The molecule has 2 rings (SSSR count). The van der Waals surface area contributed by atoms with Crippen LogP contribution in [0, 0.1) is 13.8 Å². The van der Waals surface area contributed by atoms with Crippen LogP contribution in [0.3, 0.4) is 0 Å². The first-order chi connectivity index (χ1) is 12.2. The maximum Gasteiger partial charge on any atom is 0.232 e. The molecule has 0 saturated heterocycles. The van der Waals surface area contributed by atoms with Crippen LogP contribution in [0.25, 0.3) is 0 Å². The zero-order valence-corrected chi connectivity index (χ0v) is 17.5. The van der Waals surface area contributed by atoms with Crippen LogP contribution in [0.1, 0.15) is 24.0 Å². The molecule has 0 aliphatic rings. The normalized spacial score (nSPS) is 11.2. The van der Waals surface area contributed by atoms with Crippen LogP contribution in [-0.2, 0) is 14.8 Å². The third-order valence-corrected chi connectivity index (χ3v) is 5.98. The molecule has 7 heteroatoms. The fourth-order valence-corrected chi connectivity index (χ4v) is 3.87. The molecule has 2 aromatic carbocycles. The summed E-state index contributed by atoms with van der Waals surface area (Å²) >= 11 is 3.38. The van der Waals surface area contributed by atoms with E-state index < -0.39 is 10.0 Å². The minimum Gasteiger partial charge on any atom is -0.325 e. The van der Waals surface area contributed by atoms with E-state index in [0.717, 1.165) is 15.6 Å². The molecule has 0 unspecified atom stereocenters. The molecular formula is C19H23BrN2O3S. The largest absolute Gasteiger partial charge is 0.325 e. The van der Waals surface area contributed by atoms with Gasteiger partial charge in [0.15, 0.2) is 0 Å². The van der Waals surface area contributed by atoms with Gasteiger partial charge in [-0.15, -0.1) is 0 Å². The van der Waals surface area contributed by atoms with E-state index in [1.807, 2.05) is 44.2 Å². The molecular weight excluding hydrogens is 416 g/mol. The van der Waals surface area contributed by atoms with Crippen LogP contribution in [0.5, 0.6) is 0 Å². The van der Waals surface area contributed by atoms with Crippen molar-refractivity contribution in [3.05, 3.63) is 58.1 Å². The molecule has 0 atom stereocenters. The van der Waals surface area contributed by atoms with Crippen LogP contribution >= 0.6 is 15.9 Å². The summed E-state index contributed by atoms with van der Waals surface area (Å²) in [6.45, 7) is 4.19. The molecule has 0 bridgehead atoms. The lowest BCUT2D eigenvalue weighted by molar-refractivity contribution is -0.116. The second-order valence-corrected chi connectivity index (χ2v) is 9.00. The van der Waals surface area contributed by atoms with Gasteiger partial charge < -0.3 is 5.32 Å².